The zero-order valence-corrected chi connectivity index (χ0v) is 10.6. The lowest BCUT2D eigenvalue weighted by molar-refractivity contribution is 0.175. The van der Waals surface area contributed by atoms with Crippen molar-refractivity contribution in [3.63, 3.8) is 0 Å². The van der Waals surface area contributed by atoms with Crippen LogP contribution in [0.15, 0.2) is 18.2 Å². The number of hydrogen-bond acceptors (Lipinski definition) is 4. The quantitative estimate of drug-likeness (QED) is 0.790. The molecule has 4 heteroatoms. The summed E-state index contributed by atoms with van der Waals surface area (Å²) in [6, 6.07) is 5.68. The molecule has 1 aromatic rings. The van der Waals surface area contributed by atoms with Crippen molar-refractivity contribution in [2.24, 2.45) is 5.73 Å². The first-order chi connectivity index (χ1) is 8.10. The van der Waals surface area contributed by atoms with Gasteiger partial charge in [-0.05, 0) is 43.5 Å². The van der Waals surface area contributed by atoms with E-state index >= 15 is 0 Å². The number of hydrogen-bond donors (Lipinski definition) is 2. The normalized spacial score (nSPS) is 14.2. The van der Waals surface area contributed by atoms with Crippen molar-refractivity contribution in [1.82, 2.24) is 0 Å². The molecule has 1 rings (SSSR count). The largest absolute Gasteiger partial charge is 0.497 e. The van der Waals surface area contributed by atoms with Gasteiger partial charge < -0.3 is 20.3 Å². The number of benzene rings is 1. The standard InChI is InChI=1S/C13H21NO3/c1-9(15)4-11(8-14)10-5-12(16-2)7-13(6-10)17-3/h5-7,9,11,15H,4,8,14H2,1-3H3. The highest BCUT2D eigenvalue weighted by atomic mass is 16.5. The average molecular weight is 239 g/mol. The van der Waals surface area contributed by atoms with Gasteiger partial charge in [0.1, 0.15) is 11.5 Å². The van der Waals surface area contributed by atoms with Crippen LogP contribution in [0.5, 0.6) is 11.5 Å². The third-order valence-electron chi connectivity index (χ3n) is 2.76. The lowest BCUT2D eigenvalue weighted by atomic mass is 9.93. The van der Waals surface area contributed by atoms with Gasteiger partial charge in [-0.1, -0.05) is 0 Å². The molecule has 17 heavy (non-hydrogen) atoms. The summed E-state index contributed by atoms with van der Waals surface area (Å²) < 4.78 is 10.4. The van der Waals surface area contributed by atoms with Crippen LogP contribution in [0.2, 0.25) is 0 Å². The van der Waals surface area contributed by atoms with Crippen molar-refractivity contribution in [3.05, 3.63) is 23.8 Å². The molecule has 0 radical (unpaired) electrons. The average Bonchev–Trinajstić information content (AvgIpc) is 2.34. The zero-order valence-electron chi connectivity index (χ0n) is 10.6. The van der Waals surface area contributed by atoms with E-state index in [-0.39, 0.29) is 12.0 Å². The van der Waals surface area contributed by atoms with E-state index in [4.69, 9.17) is 15.2 Å². The minimum absolute atomic E-state index is 0.110. The Balaban J connectivity index is 3.00. The van der Waals surface area contributed by atoms with Gasteiger partial charge in [-0.2, -0.15) is 0 Å². The Morgan fingerprint density at radius 2 is 1.71 bits per heavy atom. The summed E-state index contributed by atoms with van der Waals surface area (Å²) >= 11 is 0. The van der Waals surface area contributed by atoms with Gasteiger partial charge in [0.05, 0.1) is 20.3 Å². The summed E-state index contributed by atoms with van der Waals surface area (Å²) in [5, 5.41) is 9.45. The zero-order chi connectivity index (χ0) is 12.8. The molecule has 0 heterocycles. The van der Waals surface area contributed by atoms with Crippen LogP contribution in [0.1, 0.15) is 24.8 Å². The van der Waals surface area contributed by atoms with Gasteiger partial charge in [0.15, 0.2) is 0 Å². The maximum Gasteiger partial charge on any atom is 0.122 e. The lowest BCUT2D eigenvalue weighted by Crippen LogP contribution is -2.17. The van der Waals surface area contributed by atoms with Crippen molar-refractivity contribution in [1.29, 1.82) is 0 Å². The summed E-state index contributed by atoms with van der Waals surface area (Å²) in [6.45, 7) is 2.25. The van der Waals surface area contributed by atoms with Crippen LogP contribution in [-0.2, 0) is 0 Å². The van der Waals surface area contributed by atoms with Gasteiger partial charge >= 0.3 is 0 Å². The molecule has 0 aliphatic heterocycles. The number of aliphatic hydroxyl groups excluding tert-OH is 1. The second kappa shape index (κ2) is 6.47. The molecule has 2 unspecified atom stereocenters. The third kappa shape index (κ3) is 3.91. The van der Waals surface area contributed by atoms with E-state index in [1.54, 1.807) is 21.1 Å². The number of methoxy groups -OCH3 is 2. The summed E-state index contributed by atoms with van der Waals surface area (Å²) in [4.78, 5) is 0. The van der Waals surface area contributed by atoms with Crippen molar-refractivity contribution < 1.29 is 14.6 Å². The van der Waals surface area contributed by atoms with E-state index in [1.165, 1.54) is 0 Å². The van der Waals surface area contributed by atoms with Crippen LogP contribution in [0.4, 0.5) is 0 Å². The van der Waals surface area contributed by atoms with E-state index in [2.05, 4.69) is 0 Å². The number of rotatable bonds is 6. The first-order valence-electron chi connectivity index (χ1n) is 5.71. The molecule has 1 aromatic carbocycles. The molecule has 0 aliphatic rings. The van der Waals surface area contributed by atoms with Crippen LogP contribution in [0.25, 0.3) is 0 Å². The predicted octanol–water partition coefficient (Wildman–Crippen LogP) is 1.52. The highest BCUT2D eigenvalue weighted by Crippen LogP contribution is 2.29. The van der Waals surface area contributed by atoms with Gasteiger partial charge in [-0.15, -0.1) is 0 Å². The molecule has 0 spiro atoms. The first kappa shape index (κ1) is 13.8. The Bertz CT molecular complexity index is 330. The van der Waals surface area contributed by atoms with Gasteiger partial charge in [-0.25, -0.2) is 0 Å². The Kier molecular flexibility index (Phi) is 5.25. The van der Waals surface area contributed by atoms with Crippen molar-refractivity contribution in [2.45, 2.75) is 25.4 Å². The Labute approximate surface area is 102 Å². The second-order valence-corrected chi connectivity index (χ2v) is 4.16. The van der Waals surface area contributed by atoms with Crippen LogP contribution in [0, 0.1) is 0 Å². The van der Waals surface area contributed by atoms with E-state index in [0.717, 1.165) is 17.1 Å². The molecule has 4 nitrogen and oxygen atoms in total. The maximum absolute atomic E-state index is 9.45. The minimum atomic E-state index is -0.374. The molecular weight excluding hydrogens is 218 g/mol. The molecule has 0 amide bonds. The van der Waals surface area contributed by atoms with Crippen LogP contribution in [-0.4, -0.2) is 32.0 Å². The molecule has 0 bridgehead atoms. The summed E-state index contributed by atoms with van der Waals surface area (Å²) in [6.07, 6.45) is 0.257. The van der Waals surface area contributed by atoms with Crippen molar-refractivity contribution in [2.75, 3.05) is 20.8 Å². The van der Waals surface area contributed by atoms with Gasteiger partial charge in [0.25, 0.3) is 0 Å². The smallest absolute Gasteiger partial charge is 0.122 e. The fourth-order valence-corrected chi connectivity index (χ4v) is 1.85. The van der Waals surface area contributed by atoms with Crippen molar-refractivity contribution in [3.8, 4) is 11.5 Å². The SMILES string of the molecule is COc1cc(OC)cc(C(CN)CC(C)O)c1. The van der Waals surface area contributed by atoms with Crippen molar-refractivity contribution >= 4 is 0 Å². The monoisotopic (exact) mass is 239 g/mol. The van der Waals surface area contributed by atoms with E-state index in [9.17, 15) is 5.11 Å². The number of aliphatic hydroxyl groups is 1. The molecule has 96 valence electrons. The first-order valence-corrected chi connectivity index (χ1v) is 5.71. The van der Waals surface area contributed by atoms with Gasteiger partial charge in [0.2, 0.25) is 0 Å². The molecule has 2 atom stereocenters. The van der Waals surface area contributed by atoms with Gasteiger partial charge in [-0.3, -0.25) is 0 Å². The molecule has 0 saturated carbocycles. The lowest BCUT2D eigenvalue weighted by Gasteiger charge is -2.18. The topological polar surface area (TPSA) is 64.7 Å². The Morgan fingerprint density at radius 1 is 1.18 bits per heavy atom. The van der Waals surface area contributed by atoms with E-state index < -0.39 is 0 Å². The van der Waals surface area contributed by atoms with E-state index in [0.29, 0.717) is 13.0 Å². The number of ether oxygens (including phenoxy) is 2. The maximum atomic E-state index is 9.45. The molecule has 0 aromatic heterocycles. The predicted molar refractivity (Wildman–Crippen MR) is 67.6 cm³/mol. The molecule has 0 fully saturated rings. The minimum Gasteiger partial charge on any atom is -0.497 e. The summed E-state index contributed by atoms with van der Waals surface area (Å²) in [5.41, 5.74) is 6.78. The number of nitrogens with two attached hydrogens (primary N) is 1. The third-order valence-corrected chi connectivity index (χ3v) is 2.76. The van der Waals surface area contributed by atoms with E-state index in [1.807, 2.05) is 18.2 Å². The van der Waals surface area contributed by atoms with Gasteiger partial charge in [0, 0.05) is 6.07 Å². The highest BCUT2D eigenvalue weighted by molar-refractivity contribution is 5.40. The van der Waals surface area contributed by atoms with Crippen LogP contribution >= 0.6 is 0 Å². The summed E-state index contributed by atoms with van der Waals surface area (Å²) in [5.74, 6) is 1.59. The Morgan fingerprint density at radius 3 is 2.06 bits per heavy atom. The fourth-order valence-electron chi connectivity index (χ4n) is 1.85. The molecular formula is C13H21NO3. The highest BCUT2D eigenvalue weighted by Gasteiger charge is 2.14. The Hall–Kier alpha value is -1.26. The summed E-state index contributed by atoms with van der Waals surface area (Å²) in [7, 11) is 3.23. The van der Waals surface area contributed by atoms with Crippen LogP contribution < -0.4 is 15.2 Å². The van der Waals surface area contributed by atoms with Crippen LogP contribution in [0.3, 0.4) is 0 Å². The molecule has 0 aliphatic carbocycles. The second-order valence-electron chi connectivity index (χ2n) is 4.16. The fraction of sp³-hybridized carbons (Fsp3) is 0.538. The molecule has 3 N–H and O–H groups in total. The molecule has 0 saturated heterocycles.